The number of hydrogen-bond donors (Lipinski definition) is 0. The van der Waals surface area contributed by atoms with Gasteiger partial charge in [0.25, 0.3) is 6.71 Å². The first kappa shape index (κ1) is 34.5. The molecule has 0 saturated heterocycles. The zero-order chi connectivity index (χ0) is 39.9. The van der Waals surface area contributed by atoms with Gasteiger partial charge in [-0.05, 0) is 125 Å². The molecule has 0 N–H and O–H groups in total. The number of rotatable bonds is 5. The van der Waals surface area contributed by atoms with Crippen LogP contribution >= 0.6 is 0 Å². The van der Waals surface area contributed by atoms with Gasteiger partial charge in [0.2, 0.25) is 0 Å². The summed E-state index contributed by atoms with van der Waals surface area (Å²) >= 11 is 0. The molecule has 2 aliphatic rings. The second kappa shape index (κ2) is 13.5. The van der Waals surface area contributed by atoms with Gasteiger partial charge in [0.15, 0.2) is 0 Å². The third-order valence-corrected chi connectivity index (χ3v) is 12.6. The molecule has 9 aromatic carbocycles. The Morgan fingerprint density at radius 2 is 0.750 bits per heavy atom. The van der Waals surface area contributed by atoms with E-state index in [1.54, 1.807) is 0 Å². The number of benzene rings is 9. The van der Waals surface area contributed by atoms with Crippen molar-refractivity contribution < 1.29 is 0 Å². The number of para-hydroxylation sites is 2. The molecule has 4 heteroatoms. The summed E-state index contributed by atoms with van der Waals surface area (Å²) in [7, 11) is 0. The normalized spacial score (nSPS) is 12.7. The van der Waals surface area contributed by atoms with Crippen molar-refractivity contribution in [2.24, 2.45) is 0 Å². The Kier molecular flexibility index (Phi) is 7.76. The predicted octanol–water partition coefficient (Wildman–Crippen LogP) is 12.8. The van der Waals surface area contributed by atoms with Crippen LogP contribution in [-0.4, -0.2) is 11.3 Å². The van der Waals surface area contributed by atoms with Gasteiger partial charge in [0, 0.05) is 44.9 Å². The number of aromatic nitrogens is 1. The van der Waals surface area contributed by atoms with E-state index in [0.29, 0.717) is 0 Å². The van der Waals surface area contributed by atoms with Gasteiger partial charge in [-0.2, -0.15) is 0 Å². The predicted molar refractivity (Wildman–Crippen MR) is 255 cm³/mol. The van der Waals surface area contributed by atoms with E-state index in [0.717, 1.165) is 17.1 Å². The van der Waals surface area contributed by atoms with Gasteiger partial charge in [-0.3, -0.25) is 0 Å². The molecule has 0 spiro atoms. The van der Waals surface area contributed by atoms with Gasteiger partial charge in [-0.15, -0.1) is 0 Å². The summed E-state index contributed by atoms with van der Waals surface area (Å²) in [4.78, 5) is 5.05. The zero-order valence-corrected chi connectivity index (χ0v) is 33.5. The fourth-order valence-corrected chi connectivity index (χ4v) is 9.96. The van der Waals surface area contributed by atoms with Crippen molar-refractivity contribution >= 4 is 79.0 Å². The van der Waals surface area contributed by atoms with Crippen LogP contribution in [-0.2, 0) is 0 Å². The van der Waals surface area contributed by atoms with Crippen molar-refractivity contribution in [2.75, 3.05) is 9.80 Å². The molecule has 0 bridgehead atoms. The maximum atomic E-state index is 2.52. The summed E-state index contributed by atoms with van der Waals surface area (Å²) in [6.45, 7) is 4.38. The van der Waals surface area contributed by atoms with Crippen LogP contribution < -0.4 is 26.2 Å². The molecule has 0 unspecified atom stereocenters. The first-order chi connectivity index (χ1) is 29.6. The third kappa shape index (κ3) is 5.31. The molecular weight excluding hydrogens is 725 g/mol. The summed E-state index contributed by atoms with van der Waals surface area (Å²) in [5.74, 6) is 0. The molecule has 1 aromatic heterocycles. The second-order valence-corrected chi connectivity index (χ2v) is 16.3. The quantitative estimate of drug-likeness (QED) is 0.162. The molecule has 0 saturated carbocycles. The lowest BCUT2D eigenvalue weighted by molar-refractivity contribution is 1.16. The van der Waals surface area contributed by atoms with Crippen LogP contribution in [0.25, 0.3) is 49.7 Å². The highest BCUT2D eigenvalue weighted by Gasteiger charge is 2.44. The van der Waals surface area contributed by atoms with E-state index >= 15 is 0 Å². The Morgan fingerprint density at radius 3 is 1.18 bits per heavy atom. The third-order valence-electron chi connectivity index (χ3n) is 12.6. The van der Waals surface area contributed by atoms with Crippen LogP contribution in [0.1, 0.15) is 11.1 Å². The molecule has 0 radical (unpaired) electrons. The average Bonchev–Trinajstić information content (AvgIpc) is 3.62. The Morgan fingerprint density at radius 1 is 0.333 bits per heavy atom. The fourth-order valence-electron chi connectivity index (χ4n) is 9.96. The first-order valence-electron chi connectivity index (χ1n) is 20.9. The van der Waals surface area contributed by atoms with Gasteiger partial charge >= 0.3 is 0 Å². The maximum absolute atomic E-state index is 2.52. The Hall–Kier alpha value is -7.56. The Bertz CT molecular complexity index is 3070. The lowest BCUT2D eigenvalue weighted by atomic mass is 9.33. The minimum atomic E-state index is -0.00734. The average molecular weight is 766 g/mol. The van der Waals surface area contributed by atoms with Gasteiger partial charge in [0.1, 0.15) is 0 Å². The van der Waals surface area contributed by atoms with Crippen molar-refractivity contribution in [2.45, 2.75) is 13.8 Å². The van der Waals surface area contributed by atoms with Crippen molar-refractivity contribution in [1.82, 2.24) is 4.57 Å². The highest BCUT2D eigenvalue weighted by atomic mass is 15.2. The Labute approximate surface area is 351 Å². The molecule has 12 rings (SSSR count). The molecule has 282 valence electrons. The van der Waals surface area contributed by atoms with Crippen LogP contribution in [0.3, 0.4) is 0 Å². The topological polar surface area (TPSA) is 11.4 Å². The smallest absolute Gasteiger partial charge is 0.252 e. The summed E-state index contributed by atoms with van der Waals surface area (Å²) in [5, 5.41) is 2.54. The SMILES string of the molecule is Cc1ccc2c(c1)c1cc(C)ccc1n2-c1cc2c3c(c1)N(c1ccccc1)c1cc(-c4ccccc4)ccc1B3c1ccc(-c3ccccc3)cc1N2c1ccccc1. The Balaban J connectivity index is 1.23. The van der Waals surface area contributed by atoms with E-state index in [1.165, 1.54) is 94.3 Å². The van der Waals surface area contributed by atoms with E-state index in [2.05, 4.69) is 234 Å². The van der Waals surface area contributed by atoms with E-state index < -0.39 is 0 Å². The van der Waals surface area contributed by atoms with Gasteiger partial charge < -0.3 is 14.4 Å². The molecular formula is C56H40BN3. The second-order valence-electron chi connectivity index (χ2n) is 16.3. The van der Waals surface area contributed by atoms with Crippen molar-refractivity contribution in [3.63, 3.8) is 0 Å². The summed E-state index contributed by atoms with van der Waals surface area (Å²) in [6.07, 6.45) is 0. The van der Waals surface area contributed by atoms with E-state index in [9.17, 15) is 0 Å². The molecule has 10 aromatic rings. The highest BCUT2D eigenvalue weighted by Crippen LogP contribution is 2.47. The highest BCUT2D eigenvalue weighted by molar-refractivity contribution is 7.00. The molecule has 60 heavy (non-hydrogen) atoms. The standard InChI is InChI=1S/C56H40BN3/c1-37-23-29-50-46(31-37)47-32-38(2)24-30-51(47)60(50)45-35-54-56-55(36-45)59(44-21-13-6-14-22-44)53-34-42(40-17-9-4-10-18-40)26-28-49(53)57(56)48-27-25-41(39-15-7-3-8-16-39)33-52(48)58(54)43-19-11-5-12-20-43/h3-36H,1-2H3. The largest absolute Gasteiger partial charge is 0.311 e. The lowest BCUT2D eigenvalue weighted by Gasteiger charge is -2.44. The molecule has 0 atom stereocenters. The van der Waals surface area contributed by atoms with Crippen molar-refractivity contribution in [3.05, 3.63) is 217 Å². The first-order valence-corrected chi connectivity index (χ1v) is 20.9. The molecule has 3 nitrogen and oxygen atoms in total. The number of hydrogen-bond acceptors (Lipinski definition) is 2. The number of anilines is 6. The number of nitrogens with zero attached hydrogens (tertiary/aromatic N) is 3. The van der Waals surface area contributed by atoms with Gasteiger partial charge in [0.05, 0.1) is 16.7 Å². The fraction of sp³-hybridized carbons (Fsp3) is 0.0357. The zero-order valence-electron chi connectivity index (χ0n) is 33.5. The molecule has 3 heterocycles. The van der Waals surface area contributed by atoms with Crippen molar-refractivity contribution in [3.8, 4) is 27.9 Å². The van der Waals surface area contributed by atoms with Crippen LogP contribution in [0.2, 0.25) is 0 Å². The molecule has 0 fully saturated rings. The van der Waals surface area contributed by atoms with Crippen LogP contribution in [0.15, 0.2) is 206 Å². The molecule has 0 amide bonds. The minimum Gasteiger partial charge on any atom is -0.311 e. The van der Waals surface area contributed by atoms with Crippen LogP contribution in [0.5, 0.6) is 0 Å². The van der Waals surface area contributed by atoms with Crippen LogP contribution in [0.4, 0.5) is 34.1 Å². The number of fused-ring (bicyclic) bond motifs is 7. The van der Waals surface area contributed by atoms with E-state index in [4.69, 9.17) is 0 Å². The van der Waals surface area contributed by atoms with Gasteiger partial charge in [-0.1, -0.05) is 145 Å². The minimum absolute atomic E-state index is 0.00734. The molecule has 2 aliphatic heterocycles. The van der Waals surface area contributed by atoms with Crippen LogP contribution in [0, 0.1) is 13.8 Å². The lowest BCUT2D eigenvalue weighted by Crippen LogP contribution is -2.61. The summed E-state index contributed by atoms with van der Waals surface area (Å²) in [5.41, 5.74) is 21.8. The number of aryl methyl sites for hydroxylation is 2. The maximum Gasteiger partial charge on any atom is 0.252 e. The van der Waals surface area contributed by atoms with E-state index in [-0.39, 0.29) is 6.71 Å². The van der Waals surface area contributed by atoms with Gasteiger partial charge in [-0.25, -0.2) is 0 Å². The monoisotopic (exact) mass is 765 g/mol. The van der Waals surface area contributed by atoms with Crippen molar-refractivity contribution in [1.29, 1.82) is 0 Å². The molecule has 0 aliphatic carbocycles. The summed E-state index contributed by atoms with van der Waals surface area (Å²) in [6, 6.07) is 76.4. The summed E-state index contributed by atoms with van der Waals surface area (Å²) < 4.78 is 2.49. The van der Waals surface area contributed by atoms with E-state index in [1.807, 2.05) is 0 Å².